The highest BCUT2D eigenvalue weighted by molar-refractivity contribution is 7.72. The first-order chi connectivity index (χ1) is 17.0. The fraction of sp³-hybridized carbons (Fsp3) is 0.333. The minimum atomic E-state index is -2.65. The molecule has 0 heterocycles. The molecule has 1 atom stereocenters. The predicted octanol–water partition coefficient (Wildman–Crippen LogP) is 6.92. The van der Waals surface area contributed by atoms with Gasteiger partial charge in [0.1, 0.15) is 0 Å². The summed E-state index contributed by atoms with van der Waals surface area (Å²) < 4.78 is 25.6. The van der Waals surface area contributed by atoms with Crippen molar-refractivity contribution in [3.05, 3.63) is 88.0 Å². The third-order valence-corrected chi connectivity index (χ3v) is 7.39. The minimum Gasteiger partial charge on any atom is -0.489 e. The Morgan fingerprint density at radius 2 is 1.44 bits per heavy atom. The summed E-state index contributed by atoms with van der Waals surface area (Å²) in [5.74, 6) is 0.135. The Labute approximate surface area is 214 Å². The molecule has 3 aromatic rings. The molecule has 3 rings (SSSR count). The number of aryl methyl sites for hydroxylation is 2. The van der Waals surface area contributed by atoms with Crippen LogP contribution in [0.1, 0.15) is 77.6 Å². The summed E-state index contributed by atoms with van der Waals surface area (Å²) >= 11 is 0. The zero-order valence-corrected chi connectivity index (χ0v) is 23.0. The van der Waals surface area contributed by atoms with Gasteiger partial charge in [-0.05, 0) is 61.9 Å². The smallest absolute Gasteiger partial charge is 0.466 e. The summed E-state index contributed by atoms with van der Waals surface area (Å²) in [5, 5.41) is 0.124. The average molecular weight is 506 g/mol. The summed E-state index contributed by atoms with van der Waals surface area (Å²) in [6, 6.07) is 16.0. The monoisotopic (exact) mass is 505 g/mol. The van der Waals surface area contributed by atoms with Gasteiger partial charge >= 0.3 is 13.3 Å². The van der Waals surface area contributed by atoms with E-state index in [0.717, 1.165) is 16.7 Å². The van der Waals surface area contributed by atoms with Crippen LogP contribution in [0.25, 0.3) is 0 Å². The summed E-state index contributed by atoms with van der Waals surface area (Å²) in [4.78, 5) is 27.1. The van der Waals surface area contributed by atoms with Crippen LogP contribution >= 0.6 is 7.80 Å². The Bertz CT molecular complexity index is 1280. The van der Waals surface area contributed by atoms with E-state index in [1.165, 1.54) is 0 Å². The summed E-state index contributed by atoms with van der Waals surface area (Å²) in [5.41, 5.74) is 3.18. The third-order valence-electron chi connectivity index (χ3n) is 5.96. The zero-order valence-electron chi connectivity index (χ0n) is 22.1. The zero-order chi connectivity index (χ0) is 26.6. The maximum Gasteiger partial charge on any atom is 0.466 e. The van der Waals surface area contributed by atoms with Gasteiger partial charge in [0.15, 0.2) is 17.3 Å². The van der Waals surface area contributed by atoms with E-state index in [1.54, 1.807) is 43.3 Å². The maximum atomic E-state index is 14.0. The van der Waals surface area contributed by atoms with Crippen LogP contribution in [-0.4, -0.2) is 24.5 Å². The van der Waals surface area contributed by atoms with Gasteiger partial charge in [-0.15, -0.1) is 0 Å². The molecule has 0 N–H and O–H groups in total. The lowest BCUT2D eigenvalue weighted by molar-refractivity contribution is 0.103. The molecule has 0 saturated carbocycles. The number of benzene rings is 3. The van der Waals surface area contributed by atoms with E-state index in [4.69, 9.17) is 9.47 Å². The summed E-state index contributed by atoms with van der Waals surface area (Å²) in [7, 11) is -2.65. The topological polar surface area (TPSA) is 69.7 Å². The fourth-order valence-electron chi connectivity index (χ4n) is 4.17. The van der Waals surface area contributed by atoms with Crippen LogP contribution < -0.4 is 14.8 Å². The second kappa shape index (κ2) is 11.2. The molecular weight excluding hydrogens is 471 g/mol. The van der Waals surface area contributed by atoms with Crippen molar-refractivity contribution in [2.24, 2.45) is 0 Å². The van der Waals surface area contributed by atoms with Gasteiger partial charge in [-0.3, -0.25) is 4.79 Å². The quantitative estimate of drug-likeness (QED) is 0.233. The molecule has 0 aliphatic carbocycles. The summed E-state index contributed by atoms with van der Waals surface area (Å²) in [6.07, 6.45) is 0. The highest BCUT2D eigenvalue weighted by atomic mass is 31.1. The molecular formula is C30H34O5P+. The normalized spacial score (nSPS) is 11.7. The van der Waals surface area contributed by atoms with Gasteiger partial charge in [-0.2, -0.15) is 0 Å². The van der Waals surface area contributed by atoms with Gasteiger partial charge in [0.2, 0.25) is 0 Å². The van der Waals surface area contributed by atoms with E-state index in [2.05, 4.69) is 20.8 Å². The standard InChI is InChI=1S/C30H34O5P/c1-8-34-24-16-15-23(26(31)21-13-11-10-12-14-21)27(35-9-2)28(24)36(33)29(32)25-19(3)17-22(18-20(25)4)30(5,6)7/h10-18H,8-9H2,1-7H3/q+1. The molecule has 0 spiro atoms. The highest BCUT2D eigenvalue weighted by Crippen LogP contribution is 2.40. The fourth-order valence-corrected chi connectivity index (χ4v) is 5.64. The molecule has 3 aromatic carbocycles. The first-order valence-corrected chi connectivity index (χ1v) is 13.4. The van der Waals surface area contributed by atoms with Gasteiger partial charge in [0.05, 0.1) is 24.3 Å². The number of ether oxygens (including phenoxy) is 2. The second-order valence-electron chi connectivity index (χ2n) is 9.68. The highest BCUT2D eigenvalue weighted by Gasteiger charge is 2.43. The van der Waals surface area contributed by atoms with E-state index in [1.807, 2.05) is 39.0 Å². The number of rotatable bonds is 9. The van der Waals surface area contributed by atoms with Gasteiger partial charge < -0.3 is 9.47 Å². The number of ketones is 1. The summed E-state index contributed by atoms with van der Waals surface area (Å²) in [6.45, 7) is 14.2. The second-order valence-corrected chi connectivity index (χ2v) is 11.1. The van der Waals surface area contributed by atoms with Gasteiger partial charge in [-0.25, -0.2) is 4.79 Å². The van der Waals surface area contributed by atoms with Gasteiger partial charge in [-0.1, -0.05) is 67.8 Å². The third kappa shape index (κ3) is 5.57. The molecule has 0 aliphatic heterocycles. The Kier molecular flexibility index (Phi) is 8.47. The molecule has 0 radical (unpaired) electrons. The number of carbonyl (C=O) groups excluding carboxylic acids is 2. The van der Waals surface area contributed by atoms with Gasteiger partial charge in [0, 0.05) is 5.56 Å². The lowest BCUT2D eigenvalue weighted by Crippen LogP contribution is -2.18. The molecule has 0 saturated heterocycles. The molecule has 0 aromatic heterocycles. The van der Waals surface area contributed by atoms with Crippen LogP contribution in [-0.2, 0) is 9.98 Å². The Morgan fingerprint density at radius 1 is 0.861 bits per heavy atom. The van der Waals surface area contributed by atoms with Crippen molar-refractivity contribution in [1.29, 1.82) is 0 Å². The average Bonchev–Trinajstić information content (AvgIpc) is 2.83. The number of carbonyl (C=O) groups is 2. The van der Waals surface area contributed by atoms with Crippen molar-refractivity contribution in [3.8, 4) is 11.5 Å². The molecule has 36 heavy (non-hydrogen) atoms. The molecule has 0 amide bonds. The van der Waals surface area contributed by atoms with Crippen molar-refractivity contribution in [1.82, 2.24) is 0 Å². The Morgan fingerprint density at radius 3 is 1.97 bits per heavy atom. The molecule has 0 fully saturated rings. The Hall–Kier alpha value is -3.30. The molecule has 188 valence electrons. The number of hydrogen-bond acceptors (Lipinski definition) is 5. The molecule has 0 aliphatic rings. The van der Waals surface area contributed by atoms with Gasteiger partial charge in [0.25, 0.3) is 5.30 Å². The van der Waals surface area contributed by atoms with Crippen LogP contribution in [0.2, 0.25) is 0 Å². The van der Waals surface area contributed by atoms with Crippen LogP contribution in [0.4, 0.5) is 0 Å². The predicted molar refractivity (Wildman–Crippen MR) is 145 cm³/mol. The van der Waals surface area contributed by atoms with Crippen LogP contribution in [0.5, 0.6) is 11.5 Å². The Balaban J connectivity index is 2.19. The van der Waals surface area contributed by atoms with E-state index < -0.39 is 13.3 Å². The van der Waals surface area contributed by atoms with E-state index >= 15 is 0 Å². The van der Waals surface area contributed by atoms with Crippen LogP contribution in [0, 0.1) is 13.8 Å². The van der Waals surface area contributed by atoms with Crippen molar-refractivity contribution in [2.45, 2.75) is 53.9 Å². The molecule has 1 unspecified atom stereocenters. The van der Waals surface area contributed by atoms with Crippen molar-refractivity contribution in [3.63, 3.8) is 0 Å². The van der Waals surface area contributed by atoms with Crippen LogP contribution in [0.15, 0.2) is 54.6 Å². The number of hydrogen-bond donors (Lipinski definition) is 0. The molecule has 5 nitrogen and oxygen atoms in total. The van der Waals surface area contributed by atoms with E-state index in [-0.39, 0.29) is 40.2 Å². The molecule has 6 heteroatoms. The van der Waals surface area contributed by atoms with E-state index in [0.29, 0.717) is 17.7 Å². The molecule has 0 bridgehead atoms. The minimum absolute atomic E-state index is 0.0876. The SMILES string of the molecule is CCOc1ccc(C(=O)c2ccccc2)c(OCC)c1[P+](=O)C(=O)c1c(C)cc(C(C)(C)C)cc1C. The largest absolute Gasteiger partial charge is 0.489 e. The maximum absolute atomic E-state index is 14.0. The van der Waals surface area contributed by atoms with E-state index in [9.17, 15) is 14.2 Å². The van der Waals surface area contributed by atoms with Crippen molar-refractivity contribution in [2.75, 3.05) is 13.2 Å². The first-order valence-electron chi connectivity index (χ1n) is 12.2. The lowest BCUT2D eigenvalue weighted by atomic mass is 9.84. The lowest BCUT2D eigenvalue weighted by Gasteiger charge is -2.21. The van der Waals surface area contributed by atoms with Crippen LogP contribution in [0.3, 0.4) is 0 Å². The van der Waals surface area contributed by atoms with Crippen molar-refractivity contribution >= 4 is 24.4 Å². The first kappa shape index (κ1) is 27.3. The van der Waals surface area contributed by atoms with Crippen molar-refractivity contribution < 1.29 is 23.6 Å².